The first kappa shape index (κ1) is 22.6. The summed E-state index contributed by atoms with van der Waals surface area (Å²) in [7, 11) is 1.62. The maximum absolute atomic E-state index is 13.6. The van der Waals surface area contributed by atoms with Crippen LogP contribution in [0.15, 0.2) is 72.8 Å². The smallest absolute Gasteiger partial charge is 0.259 e. The minimum absolute atomic E-state index is 0.159. The van der Waals surface area contributed by atoms with Crippen LogP contribution in [0.4, 0.5) is 5.69 Å². The van der Waals surface area contributed by atoms with Gasteiger partial charge in [0, 0.05) is 24.2 Å². The molecule has 0 aromatic heterocycles. The van der Waals surface area contributed by atoms with E-state index in [2.05, 4.69) is 19.2 Å². The number of methoxy groups -OCH3 is 1. The third-order valence-electron chi connectivity index (χ3n) is 6.37. The van der Waals surface area contributed by atoms with Gasteiger partial charge in [-0.3, -0.25) is 14.5 Å². The Labute approximate surface area is 195 Å². The number of benzene rings is 3. The lowest BCUT2D eigenvalue weighted by Crippen LogP contribution is -2.63. The van der Waals surface area contributed by atoms with E-state index in [-0.39, 0.29) is 11.8 Å². The Morgan fingerprint density at radius 1 is 1.06 bits per heavy atom. The SMILES string of the molecule is COc1cccc(CNC(=O)[C@@]2(C)Cc3ccccc3C(=O)N2c2ccc(C(C)C)cc2)c1. The quantitative estimate of drug-likeness (QED) is 0.578. The third-order valence-corrected chi connectivity index (χ3v) is 6.37. The Hall–Kier alpha value is -3.60. The maximum Gasteiger partial charge on any atom is 0.259 e. The second-order valence-corrected chi connectivity index (χ2v) is 9.03. The number of hydrogen-bond donors (Lipinski definition) is 1. The summed E-state index contributed by atoms with van der Waals surface area (Å²) in [6.45, 7) is 6.46. The lowest BCUT2D eigenvalue weighted by Gasteiger charge is -2.44. The summed E-state index contributed by atoms with van der Waals surface area (Å²) < 4.78 is 5.29. The molecule has 0 spiro atoms. The number of anilines is 1. The van der Waals surface area contributed by atoms with Crippen LogP contribution in [0.3, 0.4) is 0 Å². The summed E-state index contributed by atoms with van der Waals surface area (Å²) >= 11 is 0. The number of carbonyl (C=O) groups is 2. The Balaban J connectivity index is 1.68. The van der Waals surface area contributed by atoms with Crippen LogP contribution in [0.2, 0.25) is 0 Å². The zero-order chi connectivity index (χ0) is 23.6. The zero-order valence-corrected chi connectivity index (χ0v) is 19.6. The van der Waals surface area contributed by atoms with Crippen molar-refractivity contribution < 1.29 is 14.3 Å². The van der Waals surface area contributed by atoms with Crippen molar-refractivity contribution in [3.8, 4) is 5.75 Å². The summed E-state index contributed by atoms with van der Waals surface area (Å²) in [5.74, 6) is 0.769. The van der Waals surface area contributed by atoms with E-state index in [1.807, 2.05) is 79.7 Å². The van der Waals surface area contributed by atoms with Gasteiger partial charge in [-0.05, 0) is 59.9 Å². The number of ether oxygens (including phenoxy) is 1. The van der Waals surface area contributed by atoms with Crippen molar-refractivity contribution in [1.82, 2.24) is 5.32 Å². The fourth-order valence-electron chi connectivity index (χ4n) is 4.43. The maximum atomic E-state index is 13.6. The highest BCUT2D eigenvalue weighted by atomic mass is 16.5. The van der Waals surface area contributed by atoms with Crippen LogP contribution in [0.5, 0.6) is 5.75 Å². The molecule has 3 aromatic carbocycles. The molecule has 1 heterocycles. The first-order chi connectivity index (χ1) is 15.8. The van der Waals surface area contributed by atoms with E-state index >= 15 is 0 Å². The molecule has 4 rings (SSSR count). The molecule has 0 radical (unpaired) electrons. The lowest BCUT2D eigenvalue weighted by molar-refractivity contribution is -0.126. The predicted octanol–water partition coefficient (Wildman–Crippen LogP) is 5.10. The fourth-order valence-corrected chi connectivity index (χ4v) is 4.43. The molecule has 5 heteroatoms. The number of nitrogens with one attached hydrogen (secondary N) is 1. The Kier molecular flexibility index (Phi) is 6.23. The van der Waals surface area contributed by atoms with Gasteiger partial charge >= 0.3 is 0 Å². The molecule has 0 aliphatic carbocycles. The average Bonchev–Trinajstić information content (AvgIpc) is 2.83. The molecular weight excluding hydrogens is 412 g/mol. The highest BCUT2D eigenvalue weighted by Gasteiger charge is 2.47. The largest absolute Gasteiger partial charge is 0.497 e. The van der Waals surface area contributed by atoms with Crippen molar-refractivity contribution >= 4 is 17.5 Å². The fraction of sp³-hybridized carbons (Fsp3) is 0.286. The Morgan fingerprint density at radius 3 is 2.48 bits per heavy atom. The topological polar surface area (TPSA) is 58.6 Å². The standard InChI is InChI=1S/C28H30N2O3/c1-19(2)21-12-14-23(15-13-21)30-26(31)25-11-6-5-9-22(25)17-28(30,3)27(32)29-18-20-8-7-10-24(16-20)33-4/h5-16,19H,17-18H2,1-4H3,(H,29,32)/t28-/m1/s1. The molecule has 5 nitrogen and oxygen atoms in total. The molecule has 1 aliphatic heterocycles. The molecule has 0 saturated carbocycles. The van der Waals surface area contributed by atoms with Crippen molar-refractivity contribution in [2.24, 2.45) is 0 Å². The van der Waals surface area contributed by atoms with Crippen molar-refractivity contribution in [3.05, 3.63) is 95.1 Å². The highest BCUT2D eigenvalue weighted by Crippen LogP contribution is 2.36. The van der Waals surface area contributed by atoms with E-state index < -0.39 is 5.54 Å². The van der Waals surface area contributed by atoms with Crippen LogP contribution in [-0.2, 0) is 17.8 Å². The van der Waals surface area contributed by atoms with E-state index in [1.54, 1.807) is 12.0 Å². The number of hydrogen-bond acceptors (Lipinski definition) is 3. The number of fused-ring (bicyclic) bond motifs is 1. The van der Waals surface area contributed by atoms with Crippen molar-refractivity contribution in [2.75, 3.05) is 12.0 Å². The summed E-state index contributed by atoms with van der Waals surface area (Å²) in [4.78, 5) is 28.9. The molecule has 0 saturated heterocycles. The van der Waals surface area contributed by atoms with Gasteiger partial charge in [0.05, 0.1) is 7.11 Å². The number of rotatable bonds is 6. The van der Waals surface area contributed by atoms with Gasteiger partial charge in [-0.15, -0.1) is 0 Å². The number of carbonyl (C=O) groups excluding carboxylic acids is 2. The van der Waals surface area contributed by atoms with Gasteiger partial charge in [0.25, 0.3) is 5.91 Å². The second kappa shape index (κ2) is 9.10. The van der Waals surface area contributed by atoms with Gasteiger partial charge in [0.2, 0.25) is 5.91 Å². The van der Waals surface area contributed by atoms with Crippen LogP contribution < -0.4 is 15.0 Å². The van der Waals surface area contributed by atoms with Gasteiger partial charge in [-0.25, -0.2) is 0 Å². The van der Waals surface area contributed by atoms with Crippen LogP contribution >= 0.6 is 0 Å². The molecule has 2 amide bonds. The number of nitrogens with zero attached hydrogens (tertiary/aromatic N) is 1. The molecule has 170 valence electrons. The van der Waals surface area contributed by atoms with Gasteiger partial charge < -0.3 is 10.1 Å². The van der Waals surface area contributed by atoms with Crippen LogP contribution in [0, 0.1) is 0 Å². The van der Waals surface area contributed by atoms with E-state index in [4.69, 9.17) is 4.74 Å². The van der Waals surface area contributed by atoms with Crippen LogP contribution in [0.25, 0.3) is 0 Å². The molecule has 1 aliphatic rings. The summed E-state index contributed by atoms with van der Waals surface area (Å²) in [5.41, 5.74) is 3.30. The lowest BCUT2D eigenvalue weighted by atomic mass is 9.82. The minimum Gasteiger partial charge on any atom is -0.497 e. The van der Waals surface area contributed by atoms with Gasteiger partial charge in [-0.1, -0.05) is 56.3 Å². The molecule has 33 heavy (non-hydrogen) atoms. The summed E-state index contributed by atoms with van der Waals surface area (Å²) in [6, 6.07) is 23.1. The molecule has 0 unspecified atom stereocenters. The monoisotopic (exact) mass is 442 g/mol. The van der Waals surface area contributed by atoms with Crippen molar-refractivity contribution in [1.29, 1.82) is 0 Å². The first-order valence-electron chi connectivity index (χ1n) is 11.3. The van der Waals surface area contributed by atoms with Gasteiger partial charge in [0.1, 0.15) is 11.3 Å². The van der Waals surface area contributed by atoms with E-state index in [1.165, 1.54) is 5.56 Å². The highest BCUT2D eigenvalue weighted by molar-refractivity contribution is 6.14. The van der Waals surface area contributed by atoms with Crippen molar-refractivity contribution in [3.63, 3.8) is 0 Å². The Bertz CT molecular complexity index is 1170. The summed E-state index contributed by atoms with van der Waals surface area (Å²) in [5, 5.41) is 3.05. The summed E-state index contributed by atoms with van der Waals surface area (Å²) in [6.07, 6.45) is 0.435. The van der Waals surface area contributed by atoms with E-state index in [0.29, 0.717) is 24.4 Å². The van der Waals surface area contributed by atoms with Gasteiger partial charge in [0.15, 0.2) is 0 Å². The van der Waals surface area contributed by atoms with Gasteiger partial charge in [-0.2, -0.15) is 0 Å². The molecule has 0 fully saturated rings. The normalized spacial score (nSPS) is 17.6. The number of amides is 2. The molecule has 1 atom stereocenters. The molecule has 1 N–H and O–H groups in total. The Morgan fingerprint density at radius 2 is 1.79 bits per heavy atom. The van der Waals surface area contributed by atoms with Crippen molar-refractivity contribution in [2.45, 2.75) is 45.2 Å². The van der Waals surface area contributed by atoms with E-state index in [9.17, 15) is 9.59 Å². The van der Waals surface area contributed by atoms with Crippen LogP contribution in [0.1, 0.15) is 53.7 Å². The second-order valence-electron chi connectivity index (χ2n) is 9.03. The molecule has 0 bridgehead atoms. The van der Waals surface area contributed by atoms with Crippen LogP contribution in [-0.4, -0.2) is 24.5 Å². The van der Waals surface area contributed by atoms with E-state index in [0.717, 1.165) is 22.6 Å². The average molecular weight is 443 g/mol. The zero-order valence-electron chi connectivity index (χ0n) is 19.6. The molecular formula is C28H30N2O3. The minimum atomic E-state index is -1.07. The third kappa shape index (κ3) is 4.36. The molecule has 3 aromatic rings. The first-order valence-corrected chi connectivity index (χ1v) is 11.3. The predicted molar refractivity (Wildman–Crippen MR) is 131 cm³/mol.